The van der Waals surface area contributed by atoms with Gasteiger partial charge in [-0.15, -0.1) is 0 Å². The van der Waals surface area contributed by atoms with E-state index >= 15 is 0 Å². The lowest BCUT2D eigenvalue weighted by Gasteiger charge is -2.51. The molecule has 0 atom stereocenters. The molecule has 4 fully saturated rings. The minimum absolute atomic E-state index is 0.314. The zero-order valence-corrected chi connectivity index (χ0v) is 12.8. The van der Waals surface area contributed by atoms with Crippen molar-refractivity contribution in [1.29, 1.82) is 0 Å². The molecular weight excluding hydrogens is 260 g/mol. The molecule has 2 heteroatoms. The summed E-state index contributed by atoms with van der Waals surface area (Å²) in [7, 11) is 1.65. The molecule has 0 amide bonds. The van der Waals surface area contributed by atoms with E-state index in [9.17, 15) is 0 Å². The summed E-state index contributed by atoms with van der Waals surface area (Å²) in [6.07, 6.45) is 9.74. The van der Waals surface area contributed by atoms with Crippen molar-refractivity contribution in [2.45, 2.75) is 32.1 Å². The van der Waals surface area contributed by atoms with Gasteiger partial charge in [-0.3, -0.25) is 0 Å². The number of methoxy groups -OCH3 is 1. The first-order valence-electron chi connectivity index (χ1n) is 8.25. The first-order chi connectivity index (χ1) is 10.3. The minimum atomic E-state index is 0.314. The smallest absolute Gasteiger partial charge is 0.188 e. The monoisotopic (exact) mass is 284 g/mol. The summed E-state index contributed by atoms with van der Waals surface area (Å²) < 4.78 is 10.5. The maximum atomic E-state index is 5.55. The SMILES string of the molecule is COCOc1cccc(C=C2C3CC4CC(C3)CC2C4)c1. The molecule has 1 aromatic carbocycles. The van der Waals surface area contributed by atoms with Crippen LogP contribution in [0.15, 0.2) is 29.8 Å². The van der Waals surface area contributed by atoms with Crippen LogP contribution in [0.5, 0.6) is 5.75 Å². The van der Waals surface area contributed by atoms with Gasteiger partial charge in [0.05, 0.1) is 0 Å². The average molecular weight is 284 g/mol. The van der Waals surface area contributed by atoms with Crippen LogP contribution >= 0.6 is 0 Å². The summed E-state index contributed by atoms with van der Waals surface area (Å²) in [5.74, 6) is 4.69. The van der Waals surface area contributed by atoms with Crippen LogP contribution in [0.3, 0.4) is 0 Å². The van der Waals surface area contributed by atoms with Gasteiger partial charge >= 0.3 is 0 Å². The number of benzene rings is 1. The molecule has 0 aromatic heterocycles. The lowest BCUT2D eigenvalue weighted by molar-refractivity contribution is 0.0511. The molecule has 0 saturated heterocycles. The van der Waals surface area contributed by atoms with E-state index in [-0.39, 0.29) is 0 Å². The van der Waals surface area contributed by atoms with Crippen molar-refractivity contribution < 1.29 is 9.47 Å². The molecule has 4 saturated carbocycles. The molecule has 0 spiro atoms. The largest absolute Gasteiger partial charge is 0.468 e. The van der Waals surface area contributed by atoms with Crippen molar-refractivity contribution in [3.8, 4) is 5.75 Å². The predicted molar refractivity (Wildman–Crippen MR) is 84.0 cm³/mol. The molecule has 4 aliphatic carbocycles. The van der Waals surface area contributed by atoms with Gasteiger partial charge in [-0.2, -0.15) is 0 Å². The van der Waals surface area contributed by atoms with E-state index < -0.39 is 0 Å². The van der Waals surface area contributed by atoms with Gasteiger partial charge in [-0.1, -0.05) is 23.8 Å². The molecule has 0 N–H and O–H groups in total. The molecule has 0 aliphatic heterocycles. The maximum absolute atomic E-state index is 5.55. The second-order valence-corrected chi connectivity index (χ2v) is 7.07. The van der Waals surface area contributed by atoms with Crippen molar-refractivity contribution in [3.63, 3.8) is 0 Å². The van der Waals surface area contributed by atoms with Crippen LogP contribution in [-0.4, -0.2) is 13.9 Å². The van der Waals surface area contributed by atoms with Gasteiger partial charge in [0.1, 0.15) is 5.75 Å². The standard InChI is InChI=1S/C19H24O2/c1-20-12-21-18-4-2-3-13(10-18)11-19-16-6-14-5-15(8-16)9-17(19)7-14/h2-4,10-11,14-17H,5-9,12H2,1H3. The first kappa shape index (κ1) is 13.4. The fourth-order valence-electron chi connectivity index (χ4n) is 4.98. The van der Waals surface area contributed by atoms with E-state index in [1.165, 1.54) is 37.7 Å². The molecule has 4 bridgehead atoms. The van der Waals surface area contributed by atoms with E-state index in [1.807, 2.05) is 6.07 Å². The Labute approximate surface area is 127 Å². The van der Waals surface area contributed by atoms with Crippen LogP contribution in [0.4, 0.5) is 0 Å². The third kappa shape index (κ3) is 2.62. The summed E-state index contributed by atoms with van der Waals surface area (Å²) in [4.78, 5) is 0. The first-order valence-corrected chi connectivity index (χ1v) is 8.25. The highest BCUT2D eigenvalue weighted by molar-refractivity contribution is 5.56. The lowest BCUT2D eigenvalue weighted by atomic mass is 9.54. The van der Waals surface area contributed by atoms with Crippen molar-refractivity contribution >= 4 is 6.08 Å². The minimum Gasteiger partial charge on any atom is -0.468 e. The van der Waals surface area contributed by atoms with Crippen molar-refractivity contribution in [2.75, 3.05) is 13.9 Å². The Morgan fingerprint density at radius 3 is 2.43 bits per heavy atom. The van der Waals surface area contributed by atoms with Crippen LogP contribution in [0.1, 0.15) is 37.7 Å². The van der Waals surface area contributed by atoms with Gasteiger partial charge in [0.2, 0.25) is 0 Å². The highest BCUT2D eigenvalue weighted by Gasteiger charge is 2.44. The Balaban J connectivity index is 1.57. The molecule has 112 valence electrons. The third-order valence-corrected chi connectivity index (χ3v) is 5.62. The molecule has 0 heterocycles. The maximum Gasteiger partial charge on any atom is 0.188 e. The number of rotatable bonds is 4. The Morgan fingerprint density at radius 2 is 1.76 bits per heavy atom. The van der Waals surface area contributed by atoms with Gasteiger partial charge in [0.25, 0.3) is 0 Å². The van der Waals surface area contributed by atoms with Crippen molar-refractivity contribution in [3.05, 3.63) is 35.4 Å². The summed E-state index contributed by atoms with van der Waals surface area (Å²) >= 11 is 0. The Morgan fingerprint density at radius 1 is 1.05 bits per heavy atom. The number of ether oxygens (including phenoxy) is 2. The predicted octanol–water partition coefficient (Wildman–Crippen LogP) is 4.51. The molecule has 0 radical (unpaired) electrons. The summed E-state index contributed by atoms with van der Waals surface area (Å²) in [5.41, 5.74) is 3.01. The van der Waals surface area contributed by atoms with E-state index in [0.717, 1.165) is 29.4 Å². The van der Waals surface area contributed by atoms with Gasteiger partial charge in [-0.25, -0.2) is 0 Å². The number of allylic oxidation sites excluding steroid dienone is 1. The fourth-order valence-corrected chi connectivity index (χ4v) is 4.98. The van der Waals surface area contributed by atoms with E-state index in [2.05, 4.69) is 24.3 Å². The molecule has 0 unspecified atom stereocenters. The van der Waals surface area contributed by atoms with E-state index in [4.69, 9.17) is 9.47 Å². The van der Waals surface area contributed by atoms with Crippen LogP contribution in [-0.2, 0) is 4.74 Å². The number of hydrogen-bond donors (Lipinski definition) is 0. The summed E-state index contributed by atoms with van der Waals surface area (Å²) in [6.45, 7) is 0.314. The molecule has 2 nitrogen and oxygen atoms in total. The number of hydrogen-bond acceptors (Lipinski definition) is 2. The summed E-state index contributed by atoms with van der Waals surface area (Å²) in [6, 6.07) is 8.40. The topological polar surface area (TPSA) is 18.5 Å². The van der Waals surface area contributed by atoms with Crippen molar-refractivity contribution in [2.24, 2.45) is 23.7 Å². The Hall–Kier alpha value is -1.28. The summed E-state index contributed by atoms with van der Waals surface area (Å²) in [5, 5.41) is 0. The zero-order chi connectivity index (χ0) is 14.2. The fraction of sp³-hybridized carbons (Fsp3) is 0.579. The van der Waals surface area contributed by atoms with E-state index in [0.29, 0.717) is 6.79 Å². The normalized spacial score (nSPS) is 33.3. The van der Waals surface area contributed by atoms with Crippen LogP contribution in [0.2, 0.25) is 0 Å². The average Bonchev–Trinajstić information content (AvgIpc) is 2.48. The molecular formula is C19H24O2. The molecule has 4 aliphatic rings. The van der Waals surface area contributed by atoms with Crippen LogP contribution < -0.4 is 4.74 Å². The van der Waals surface area contributed by atoms with Crippen LogP contribution in [0, 0.1) is 23.7 Å². The van der Waals surface area contributed by atoms with Gasteiger partial charge in [0.15, 0.2) is 6.79 Å². The van der Waals surface area contributed by atoms with E-state index in [1.54, 1.807) is 12.7 Å². The van der Waals surface area contributed by atoms with Crippen molar-refractivity contribution in [1.82, 2.24) is 0 Å². The second-order valence-electron chi connectivity index (χ2n) is 7.07. The molecule has 1 aromatic rings. The van der Waals surface area contributed by atoms with Gasteiger partial charge in [0, 0.05) is 7.11 Å². The second kappa shape index (κ2) is 5.49. The Bertz CT molecular complexity index is 516. The quantitative estimate of drug-likeness (QED) is 0.757. The Kier molecular flexibility index (Phi) is 3.50. The molecule has 21 heavy (non-hydrogen) atoms. The highest BCUT2D eigenvalue weighted by Crippen LogP contribution is 2.56. The molecule has 5 rings (SSSR count). The van der Waals surface area contributed by atoms with Gasteiger partial charge in [-0.05, 0) is 73.5 Å². The third-order valence-electron chi connectivity index (χ3n) is 5.62. The highest BCUT2D eigenvalue weighted by atomic mass is 16.7. The zero-order valence-electron chi connectivity index (χ0n) is 12.8. The lowest BCUT2D eigenvalue weighted by Crippen LogP contribution is -2.40. The van der Waals surface area contributed by atoms with Crippen LogP contribution in [0.25, 0.3) is 6.08 Å². The van der Waals surface area contributed by atoms with Gasteiger partial charge < -0.3 is 9.47 Å².